The number of phenols is 1. The summed E-state index contributed by atoms with van der Waals surface area (Å²) in [6.45, 7) is 9.58. The topological polar surface area (TPSA) is 55.7 Å². The average Bonchev–Trinajstić information content (AvgIpc) is 3.15. The predicted molar refractivity (Wildman–Crippen MR) is 154 cm³/mol. The van der Waals surface area contributed by atoms with Gasteiger partial charge in [-0.15, -0.1) is 0 Å². The lowest BCUT2D eigenvalue weighted by molar-refractivity contribution is 0.273. The van der Waals surface area contributed by atoms with Crippen LogP contribution in [-0.2, 0) is 0 Å². The van der Waals surface area contributed by atoms with Crippen molar-refractivity contribution in [2.45, 2.75) is 32.4 Å². The van der Waals surface area contributed by atoms with Gasteiger partial charge in [0.1, 0.15) is 5.75 Å². The average molecular weight is 501 g/mol. The Morgan fingerprint density at radius 2 is 1.64 bits per heavy atom. The molecular weight excluding hydrogens is 460 g/mol. The van der Waals surface area contributed by atoms with E-state index in [1.807, 2.05) is 18.2 Å². The molecule has 0 bridgehead atoms. The van der Waals surface area contributed by atoms with Crippen LogP contribution in [0.2, 0.25) is 13.1 Å². The summed E-state index contributed by atoms with van der Waals surface area (Å²) < 4.78 is 0. The van der Waals surface area contributed by atoms with Crippen molar-refractivity contribution in [3.05, 3.63) is 101 Å². The van der Waals surface area contributed by atoms with E-state index in [4.69, 9.17) is 0 Å². The van der Waals surface area contributed by atoms with E-state index in [1.165, 1.54) is 33.6 Å². The number of aliphatic hydroxyl groups is 1. The van der Waals surface area contributed by atoms with E-state index in [1.54, 1.807) is 12.1 Å². The number of aliphatic hydroxyl groups excluding tert-OH is 1. The molecule has 4 rings (SSSR count). The molecule has 3 N–H and O–H groups in total. The summed E-state index contributed by atoms with van der Waals surface area (Å²) in [4.78, 5) is 2.63. The zero-order valence-corrected chi connectivity index (χ0v) is 22.7. The molecule has 190 valence electrons. The highest BCUT2D eigenvalue weighted by Gasteiger charge is 2.28. The fourth-order valence-electron chi connectivity index (χ4n) is 5.29. The highest BCUT2D eigenvalue weighted by atomic mass is 28.3. The zero-order valence-electron chi connectivity index (χ0n) is 21.7. The molecule has 0 aromatic heterocycles. The quantitative estimate of drug-likeness (QED) is 0.311. The number of aromatic hydroxyl groups is 1. The second kappa shape index (κ2) is 12.5. The van der Waals surface area contributed by atoms with Crippen molar-refractivity contribution in [2.24, 2.45) is 0 Å². The van der Waals surface area contributed by atoms with Gasteiger partial charge in [-0.3, -0.25) is 0 Å². The first-order valence-corrected chi connectivity index (χ1v) is 16.4. The minimum atomic E-state index is -1.63. The summed E-state index contributed by atoms with van der Waals surface area (Å²) in [5, 5.41) is 24.6. The highest BCUT2D eigenvalue weighted by Crippen LogP contribution is 2.38. The first-order valence-electron chi connectivity index (χ1n) is 13.2. The number of rotatable bonds is 9. The molecule has 1 saturated heterocycles. The van der Waals surface area contributed by atoms with Gasteiger partial charge in [-0.2, -0.15) is 0 Å². The molecule has 36 heavy (non-hydrogen) atoms. The van der Waals surface area contributed by atoms with Crippen LogP contribution in [0.3, 0.4) is 0 Å². The first-order chi connectivity index (χ1) is 17.5. The van der Waals surface area contributed by atoms with E-state index in [-0.39, 0.29) is 12.4 Å². The maximum Gasteiger partial charge on any atom is 0.115 e. The lowest BCUT2D eigenvalue weighted by atomic mass is 9.86. The Morgan fingerprint density at radius 3 is 2.33 bits per heavy atom. The van der Waals surface area contributed by atoms with Crippen LogP contribution in [-0.4, -0.2) is 62.1 Å². The first kappa shape index (κ1) is 26.4. The summed E-state index contributed by atoms with van der Waals surface area (Å²) in [7, 11) is -1.63. The number of hydrogen-bond acceptors (Lipinski definition) is 4. The Morgan fingerprint density at radius 1 is 0.917 bits per heavy atom. The van der Waals surface area contributed by atoms with E-state index in [0.717, 1.165) is 44.6 Å². The van der Waals surface area contributed by atoms with Gasteiger partial charge in [-0.25, -0.2) is 0 Å². The number of allylic oxidation sites excluding steroid dienone is 8. The molecule has 1 fully saturated rings. The maximum atomic E-state index is 9.96. The number of nitrogens with zero attached hydrogens (tertiary/aromatic N) is 1. The van der Waals surface area contributed by atoms with E-state index in [2.05, 4.69) is 71.9 Å². The molecule has 0 radical (unpaired) electrons. The van der Waals surface area contributed by atoms with Gasteiger partial charge in [0.2, 0.25) is 0 Å². The minimum Gasteiger partial charge on any atom is -0.508 e. The van der Waals surface area contributed by atoms with Crippen LogP contribution in [0.25, 0.3) is 11.1 Å². The van der Waals surface area contributed by atoms with E-state index in [9.17, 15) is 10.2 Å². The third-order valence-corrected chi connectivity index (χ3v) is 10.4. The zero-order chi connectivity index (χ0) is 25.4. The fraction of sp³-hybridized carbons (Fsp3) is 0.355. The van der Waals surface area contributed by atoms with E-state index < -0.39 is 8.07 Å². The predicted octanol–water partition coefficient (Wildman–Crippen LogP) is 5.58. The van der Waals surface area contributed by atoms with Gasteiger partial charge in [-0.05, 0) is 65.4 Å². The molecule has 1 aliphatic heterocycles. The van der Waals surface area contributed by atoms with Gasteiger partial charge in [0.15, 0.2) is 0 Å². The van der Waals surface area contributed by atoms with Crippen LogP contribution >= 0.6 is 0 Å². The summed E-state index contributed by atoms with van der Waals surface area (Å²) in [6, 6.07) is 18.0. The van der Waals surface area contributed by atoms with Gasteiger partial charge in [0.25, 0.3) is 0 Å². The second-order valence-corrected chi connectivity index (χ2v) is 15.1. The number of piperazine rings is 1. The van der Waals surface area contributed by atoms with Gasteiger partial charge < -0.3 is 20.4 Å². The van der Waals surface area contributed by atoms with Crippen LogP contribution in [0.15, 0.2) is 89.7 Å². The maximum absolute atomic E-state index is 9.96. The van der Waals surface area contributed by atoms with Crippen molar-refractivity contribution >= 4 is 19.2 Å². The van der Waals surface area contributed by atoms with Crippen LogP contribution in [0.5, 0.6) is 5.75 Å². The number of nitrogens with one attached hydrogen (secondary N) is 1. The molecule has 0 spiro atoms. The molecule has 2 aromatic rings. The molecular formula is C31H40N2O2Si. The lowest BCUT2D eigenvalue weighted by Gasteiger charge is -2.34. The van der Waals surface area contributed by atoms with E-state index in [0.29, 0.717) is 6.42 Å². The molecule has 0 saturated carbocycles. The Kier molecular flexibility index (Phi) is 9.16. The summed E-state index contributed by atoms with van der Waals surface area (Å²) >= 11 is 0. The lowest BCUT2D eigenvalue weighted by Crippen LogP contribution is -2.51. The Bertz CT molecular complexity index is 1120. The van der Waals surface area contributed by atoms with Gasteiger partial charge >= 0.3 is 0 Å². The Balaban J connectivity index is 1.71. The van der Waals surface area contributed by atoms with Crippen molar-refractivity contribution < 1.29 is 10.2 Å². The molecule has 1 aliphatic carbocycles. The van der Waals surface area contributed by atoms with Crippen LogP contribution in [0.1, 0.15) is 30.4 Å². The van der Waals surface area contributed by atoms with Gasteiger partial charge in [-0.1, -0.05) is 85.1 Å². The fourth-order valence-corrected chi connectivity index (χ4v) is 8.11. The normalized spacial score (nSPS) is 17.8. The number of benzene rings is 2. The molecule has 0 amide bonds. The molecule has 0 atom stereocenters. The van der Waals surface area contributed by atoms with Crippen molar-refractivity contribution in [3.63, 3.8) is 0 Å². The molecule has 2 aliphatic rings. The van der Waals surface area contributed by atoms with Crippen molar-refractivity contribution in [2.75, 3.05) is 39.0 Å². The molecule has 2 aromatic carbocycles. The standard InChI is InChI=1S/C31H40N2O2Si/c1-36(2,24-33-21-19-32-20-22-33)29-11-6-10-26(15-18-29)31(27-13-16-28(35)17-14-27)30(12-7-23-34)25-8-4-3-5-9-25/h3-5,8-11,13-18,32,34-35H,6-7,12,19-24H2,1-2H3/b31-30+. The minimum absolute atomic E-state index is 0.158. The monoisotopic (exact) mass is 500 g/mol. The summed E-state index contributed by atoms with van der Waals surface area (Å²) in [6.07, 6.45) is 13.0. The Hall–Kier alpha value is -2.70. The van der Waals surface area contributed by atoms with Gasteiger partial charge in [0, 0.05) is 32.8 Å². The largest absolute Gasteiger partial charge is 0.508 e. The van der Waals surface area contributed by atoms with Crippen LogP contribution in [0, 0.1) is 0 Å². The van der Waals surface area contributed by atoms with Crippen LogP contribution < -0.4 is 5.32 Å². The van der Waals surface area contributed by atoms with Crippen LogP contribution in [0.4, 0.5) is 0 Å². The Labute approximate surface area is 217 Å². The number of phenolic OH excluding ortho intramolecular Hbond substituents is 1. The van der Waals surface area contributed by atoms with Gasteiger partial charge in [0.05, 0.1) is 8.07 Å². The van der Waals surface area contributed by atoms with Crippen molar-refractivity contribution in [1.29, 1.82) is 0 Å². The highest BCUT2D eigenvalue weighted by molar-refractivity contribution is 6.85. The molecule has 1 heterocycles. The smallest absolute Gasteiger partial charge is 0.115 e. The van der Waals surface area contributed by atoms with Crippen molar-refractivity contribution in [1.82, 2.24) is 10.2 Å². The summed E-state index contributed by atoms with van der Waals surface area (Å²) in [5.41, 5.74) is 5.88. The SMILES string of the molecule is C[Si](C)(CN1CCNCC1)C1=CCC=C(/C(=C(/CCCO)c2ccccc2)c2ccc(O)cc2)C=C1. The van der Waals surface area contributed by atoms with E-state index >= 15 is 0 Å². The molecule has 0 unspecified atom stereocenters. The van der Waals surface area contributed by atoms with Crippen molar-refractivity contribution in [3.8, 4) is 5.75 Å². The second-order valence-electron chi connectivity index (χ2n) is 10.4. The molecule has 4 nitrogen and oxygen atoms in total. The molecule has 5 heteroatoms. The third kappa shape index (κ3) is 6.74. The number of hydrogen-bond donors (Lipinski definition) is 3. The summed E-state index contributed by atoms with van der Waals surface area (Å²) in [5.74, 6) is 0.268. The third-order valence-electron chi connectivity index (χ3n) is 7.18.